The van der Waals surface area contributed by atoms with Gasteiger partial charge in [-0.25, -0.2) is 0 Å². The number of amides is 1. The Bertz CT molecular complexity index is 309. The van der Waals surface area contributed by atoms with Crippen LogP contribution in [0.2, 0.25) is 0 Å². The topological polar surface area (TPSA) is 54.3 Å². The minimum atomic E-state index is -0.193. The van der Waals surface area contributed by atoms with Gasteiger partial charge in [0.15, 0.2) is 0 Å². The van der Waals surface area contributed by atoms with Gasteiger partial charge in [0.05, 0.1) is 18.8 Å². The van der Waals surface area contributed by atoms with E-state index in [9.17, 15) is 4.79 Å². The first kappa shape index (κ1) is 13.8. The largest absolute Gasteiger partial charge is 0.468 e. The van der Waals surface area contributed by atoms with Crippen LogP contribution in [0.15, 0.2) is 22.8 Å². The van der Waals surface area contributed by atoms with E-state index >= 15 is 0 Å². The van der Waals surface area contributed by atoms with Crippen LogP contribution in [0.1, 0.15) is 38.9 Å². The van der Waals surface area contributed by atoms with Gasteiger partial charge in [0.25, 0.3) is 0 Å². The summed E-state index contributed by atoms with van der Waals surface area (Å²) in [4.78, 5) is 11.7. The summed E-state index contributed by atoms with van der Waals surface area (Å²) in [6.45, 7) is 5.35. The van der Waals surface area contributed by atoms with Gasteiger partial charge < -0.3 is 9.73 Å². The van der Waals surface area contributed by atoms with Gasteiger partial charge >= 0.3 is 0 Å². The molecule has 1 heterocycles. The lowest BCUT2D eigenvalue weighted by Gasteiger charge is -2.13. The highest BCUT2D eigenvalue weighted by Gasteiger charge is 2.11. The molecule has 0 saturated heterocycles. The smallest absolute Gasteiger partial charge is 0.236 e. The second-order valence-electron chi connectivity index (χ2n) is 4.18. The summed E-state index contributed by atoms with van der Waals surface area (Å²) in [7, 11) is 0. The summed E-state index contributed by atoms with van der Waals surface area (Å²) in [5.41, 5.74) is 0. The molecule has 0 bridgehead atoms. The summed E-state index contributed by atoms with van der Waals surface area (Å²) >= 11 is 0. The summed E-state index contributed by atoms with van der Waals surface area (Å²) in [5, 5.41) is 6.04. The van der Waals surface area contributed by atoms with Gasteiger partial charge in [-0.05, 0) is 25.5 Å². The molecule has 1 amide bonds. The van der Waals surface area contributed by atoms with E-state index in [4.69, 9.17) is 4.42 Å². The molecule has 0 aromatic carbocycles. The fourth-order valence-electron chi connectivity index (χ4n) is 1.50. The molecule has 17 heavy (non-hydrogen) atoms. The van der Waals surface area contributed by atoms with E-state index in [2.05, 4.69) is 17.6 Å². The molecule has 96 valence electrons. The van der Waals surface area contributed by atoms with Gasteiger partial charge in [-0.15, -0.1) is 0 Å². The Labute approximate surface area is 103 Å². The van der Waals surface area contributed by atoms with E-state index in [1.807, 2.05) is 19.1 Å². The van der Waals surface area contributed by atoms with Crippen molar-refractivity contribution in [1.82, 2.24) is 10.6 Å². The Balaban J connectivity index is 2.13. The predicted octanol–water partition coefficient (Wildman–Crippen LogP) is 2.06. The SMILES string of the molecule is CCCCCNC(=O)C(C)NCc1ccco1. The van der Waals surface area contributed by atoms with Crippen LogP contribution in [0, 0.1) is 0 Å². The van der Waals surface area contributed by atoms with Gasteiger partial charge in [-0.2, -0.15) is 0 Å². The summed E-state index contributed by atoms with van der Waals surface area (Å²) in [5.74, 6) is 0.892. The van der Waals surface area contributed by atoms with Crippen LogP contribution in [0.3, 0.4) is 0 Å². The molecule has 4 nitrogen and oxygen atoms in total. The summed E-state index contributed by atoms with van der Waals surface area (Å²) in [6, 6.07) is 3.53. The third kappa shape index (κ3) is 5.54. The fraction of sp³-hybridized carbons (Fsp3) is 0.615. The highest BCUT2D eigenvalue weighted by atomic mass is 16.3. The van der Waals surface area contributed by atoms with E-state index in [1.165, 1.54) is 6.42 Å². The fourth-order valence-corrected chi connectivity index (χ4v) is 1.50. The molecule has 0 aliphatic rings. The molecule has 4 heteroatoms. The van der Waals surface area contributed by atoms with Crippen LogP contribution >= 0.6 is 0 Å². The molecule has 1 aromatic rings. The van der Waals surface area contributed by atoms with Crippen molar-refractivity contribution < 1.29 is 9.21 Å². The van der Waals surface area contributed by atoms with Crippen molar-refractivity contribution in [3.05, 3.63) is 24.2 Å². The minimum absolute atomic E-state index is 0.0488. The molecule has 0 aliphatic carbocycles. The Morgan fingerprint density at radius 2 is 2.29 bits per heavy atom. The van der Waals surface area contributed by atoms with Gasteiger partial charge in [0.1, 0.15) is 5.76 Å². The van der Waals surface area contributed by atoms with Gasteiger partial charge in [0, 0.05) is 6.54 Å². The zero-order valence-electron chi connectivity index (χ0n) is 10.7. The Kier molecular flexibility index (Phi) is 6.40. The Morgan fingerprint density at radius 3 is 2.94 bits per heavy atom. The number of carbonyl (C=O) groups is 1. The third-order valence-corrected chi connectivity index (χ3v) is 2.64. The van der Waals surface area contributed by atoms with Crippen molar-refractivity contribution >= 4 is 5.91 Å². The van der Waals surface area contributed by atoms with E-state index in [0.29, 0.717) is 6.54 Å². The predicted molar refractivity (Wildman–Crippen MR) is 67.5 cm³/mol. The Hall–Kier alpha value is -1.29. The molecule has 1 atom stereocenters. The zero-order valence-corrected chi connectivity index (χ0v) is 10.7. The molecule has 0 fully saturated rings. The summed E-state index contributed by atoms with van der Waals surface area (Å²) < 4.78 is 5.18. The Morgan fingerprint density at radius 1 is 1.47 bits per heavy atom. The number of hydrogen-bond acceptors (Lipinski definition) is 3. The molecule has 0 saturated carbocycles. The van der Waals surface area contributed by atoms with Crippen LogP contribution in [-0.2, 0) is 11.3 Å². The van der Waals surface area contributed by atoms with Crippen molar-refractivity contribution in [3.8, 4) is 0 Å². The first-order valence-electron chi connectivity index (χ1n) is 6.27. The number of rotatable bonds is 8. The van der Waals surface area contributed by atoms with Gasteiger partial charge in [0.2, 0.25) is 5.91 Å². The van der Waals surface area contributed by atoms with E-state index in [1.54, 1.807) is 6.26 Å². The lowest BCUT2D eigenvalue weighted by molar-refractivity contribution is -0.122. The molecular formula is C13H22N2O2. The van der Waals surface area contributed by atoms with E-state index in [0.717, 1.165) is 25.1 Å². The summed E-state index contributed by atoms with van der Waals surface area (Å²) in [6.07, 6.45) is 5.01. The lowest BCUT2D eigenvalue weighted by Crippen LogP contribution is -2.42. The van der Waals surface area contributed by atoms with E-state index < -0.39 is 0 Å². The number of unbranched alkanes of at least 4 members (excludes halogenated alkanes) is 2. The second-order valence-corrected chi connectivity index (χ2v) is 4.18. The number of carbonyl (C=O) groups excluding carboxylic acids is 1. The van der Waals surface area contributed by atoms with E-state index in [-0.39, 0.29) is 11.9 Å². The van der Waals surface area contributed by atoms with Crippen molar-refractivity contribution in [2.45, 2.75) is 45.7 Å². The van der Waals surface area contributed by atoms with Gasteiger partial charge in [-0.1, -0.05) is 19.8 Å². The van der Waals surface area contributed by atoms with Crippen molar-refractivity contribution in [1.29, 1.82) is 0 Å². The number of hydrogen-bond donors (Lipinski definition) is 2. The molecule has 0 spiro atoms. The quantitative estimate of drug-likeness (QED) is 0.682. The van der Waals surface area contributed by atoms with Crippen LogP contribution in [0.5, 0.6) is 0 Å². The molecule has 0 aliphatic heterocycles. The second kappa shape index (κ2) is 7.90. The van der Waals surface area contributed by atoms with Crippen LogP contribution in [-0.4, -0.2) is 18.5 Å². The van der Waals surface area contributed by atoms with Crippen molar-refractivity contribution in [2.24, 2.45) is 0 Å². The standard InChI is InChI=1S/C13H22N2O2/c1-3-4-5-8-14-13(16)11(2)15-10-12-7-6-9-17-12/h6-7,9,11,15H,3-5,8,10H2,1-2H3,(H,14,16). The maximum Gasteiger partial charge on any atom is 0.236 e. The van der Waals surface area contributed by atoms with Crippen LogP contribution in [0.25, 0.3) is 0 Å². The molecule has 1 aromatic heterocycles. The van der Waals surface area contributed by atoms with Crippen molar-refractivity contribution in [2.75, 3.05) is 6.54 Å². The average Bonchev–Trinajstić information content (AvgIpc) is 2.84. The molecular weight excluding hydrogens is 216 g/mol. The molecule has 0 radical (unpaired) electrons. The van der Waals surface area contributed by atoms with Crippen molar-refractivity contribution in [3.63, 3.8) is 0 Å². The van der Waals surface area contributed by atoms with Crippen LogP contribution < -0.4 is 10.6 Å². The number of nitrogens with one attached hydrogen (secondary N) is 2. The third-order valence-electron chi connectivity index (χ3n) is 2.64. The first-order valence-corrected chi connectivity index (χ1v) is 6.27. The van der Waals surface area contributed by atoms with Crippen LogP contribution in [0.4, 0.5) is 0 Å². The highest BCUT2D eigenvalue weighted by Crippen LogP contribution is 1.99. The zero-order chi connectivity index (χ0) is 12.5. The van der Waals surface area contributed by atoms with Gasteiger partial charge in [-0.3, -0.25) is 10.1 Å². The lowest BCUT2D eigenvalue weighted by atomic mass is 10.2. The molecule has 1 rings (SSSR count). The molecule has 2 N–H and O–H groups in total. The maximum atomic E-state index is 11.7. The average molecular weight is 238 g/mol. The molecule has 1 unspecified atom stereocenters. The monoisotopic (exact) mass is 238 g/mol. The minimum Gasteiger partial charge on any atom is -0.468 e. The maximum absolute atomic E-state index is 11.7. The first-order chi connectivity index (χ1) is 8.24. The highest BCUT2D eigenvalue weighted by molar-refractivity contribution is 5.81. The number of furan rings is 1. The normalized spacial score (nSPS) is 12.4.